The van der Waals surface area contributed by atoms with E-state index in [1.807, 2.05) is 25.1 Å². The van der Waals surface area contributed by atoms with E-state index < -0.39 is 22.5 Å². The molecule has 1 atom stereocenters. The van der Waals surface area contributed by atoms with E-state index in [0.717, 1.165) is 15.3 Å². The average molecular weight is 375 g/mol. The van der Waals surface area contributed by atoms with Crippen LogP contribution in [0.5, 0.6) is 0 Å². The van der Waals surface area contributed by atoms with E-state index in [1.165, 1.54) is 23.1 Å². The minimum atomic E-state index is -1.35. The van der Waals surface area contributed by atoms with Gasteiger partial charge in [0.15, 0.2) is 4.75 Å². The first-order chi connectivity index (χ1) is 11.7. The first-order valence-electron chi connectivity index (χ1n) is 7.54. The molecule has 2 heterocycles. The van der Waals surface area contributed by atoms with Gasteiger partial charge in [-0.2, -0.15) is 0 Å². The Hall–Kier alpha value is -2.32. The first-order valence-corrected chi connectivity index (χ1v) is 9.18. The lowest BCUT2D eigenvalue weighted by atomic mass is 10.1. The molecule has 3 rings (SSSR count). The Kier molecular flexibility index (Phi) is 4.34. The Morgan fingerprint density at radius 1 is 1.24 bits per heavy atom. The second-order valence-corrected chi connectivity index (χ2v) is 8.58. The number of benzene rings is 1. The number of hydrogen-bond donors (Lipinski definition) is 3. The Morgan fingerprint density at radius 3 is 2.60 bits per heavy atom. The Bertz CT molecular complexity index is 907. The summed E-state index contributed by atoms with van der Waals surface area (Å²) in [6, 6.07) is 7.30. The summed E-state index contributed by atoms with van der Waals surface area (Å²) in [5.41, 5.74) is 7.15. The highest BCUT2D eigenvalue weighted by atomic mass is 32.2. The molecule has 0 saturated carbocycles. The number of carbonyl (C=O) groups is 3. The van der Waals surface area contributed by atoms with E-state index in [-0.39, 0.29) is 0 Å². The van der Waals surface area contributed by atoms with Crippen molar-refractivity contribution >= 4 is 51.5 Å². The number of aryl methyl sites for hydroxylation is 1. The highest BCUT2D eigenvalue weighted by molar-refractivity contribution is 8.02. The van der Waals surface area contributed by atoms with E-state index in [4.69, 9.17) is 5.73 Å². The monoisotopic (exact) mass is 375 g/mol. The topological polar surface area (TPSA) is 101 Å². The number of anilines is 2. The zero-order chi connectivity index (χ0) is 18.4. The third-order valence-corrected chi connectivity index (χ3v) is 6.65. The third kappa shape index (κ3) is 2.91. The van der Waals surface area contributed by atoms with Crippen LogP contribution in [-0.2, 0) is 9.59 Å². The van der Waals surface area contributed by atoms with Gasteiger partial charge in [0.2, 0.25) is 5.91 Å². The van der Waals surface area contributed by atoms with E-state index in [0.29, 0.717) is 16.3 Å². The zero-order valence-corrected chi connectivity index (χ0v) is 15.6. The van der Waals surface area contributed by atoms with Gasteiger partial charge in [0.1, 0.15) is 5.00 Å². The summed E-state index contributed by atoms with van der Waals surface area (Å²) in [4.78, 5) is 38.8. The van der Waals surface area contributed by atoms with Crippen LogP contribution in [0.2, 0.25) is 0 Å². The van der Waals surface area contributed by atoms with Crippen LogP contribution < -0.4 is 16.4 Å². The molecule has 8 heteroatoms. The van der Waals surface area contributed by atoms with Crippen LogP contribution in [0.3, 0.4) is 0 Å². The normalized spacial score (nSPS) is 19.1. The predicted octanol–water partition coefficient (Wildman–Crippen LogP) is 2.91. The maximum absolute atomic E-state index is 12.9. The molecule has 1 aliphatic rings. The van der Waals surface area contributed by atoms with Crippen LogP contribution in [0.15, 0.2) is 29.2 Å². The molecule has 3 amide bonds. The van der Waals surface area contributed by atoms with Gasteiger partial charge in [0, 0.05) is 9.77 Å². The van der Waals surface area contributed by atoms with Crippen LogP contribution in [0, 0.1) is 13.8 Å². The lowest BCUT2D eigenvalue weighted by Gasteiger charge is -2.31. The number of fused-ring (bicyclic) bond motifs is 1. The maximum Gasteiger partial charge on any atom is 0.251 e. The molecule has 130 valence electrons. The summed E-state index contributed by atoms with van der Waals surface area (Å²) >= 11 is 2.46. The summed E-state index contributed by atoms with van der Waals surface area (Å²) in [5, 5.41) is 5.86. The summed E-state index contributed by atoms with van der Waals surface area (Å²) in [7, 11) is 0. The third-order valence-electron chi connectivity index (χ3n) is 4.17. The van der Waals surface area contributed by atoms with Crippen molar-refractivity contribution in [3.05, 3.63) is 40.3 Å². The van der Waals surface area contributed by atoms with Gasteiger partial charge in [-0.05, 0) is 38.5 Å². The molecule has 1 aromatic heterocycles. The zero-order valence-electron chi connectivity index (χ0n) is 13.9. The van der Waals surface area contributed by atoms with Gasteiger partial charge in [-0.25, -0.2) is 0 Å². The quantitative estimate of drug-likeness (QED) is 0.718. The molecule has 1 aliphatic heterocycles. The van der Waals surface area contributed by atoms with Crippen LogP contribution >= 0.6 is 23.1 Å². The minimum absolute atomic E-state index is 0.293. The summed E-state index contributed by atoms with van der Waals surface area (Å²) < 4.78 is -1.35. The molecule has 25 heavy (non-hydrogen) atoms. The number of nitrogens with one attached hydrogen (secondary N) is 2. The van der Waals surface area contributed by atoms with Gasteiger partial charge in [-0.1, -0.05) is 23.9 Å². The number of para-hydroxylation sites is 1. The molecule has 1 unspecified atom stereocenters. The van der Waals surface area contributed by atoms with Gasteiger partial charge >= 0.3 is 0 Å². The van der Waals surface area contributed by atoms with Crippen molar-refractivity contribution in [2.45, 2.75) is 30.4 Å². The molecule has 1 aromatic carbocycles. The van der Waals surface area contributed by atoms with Crippen LogP contribution in [-0.4, -0.2) is 22.5 Å². The Balaban J connectivity index is 1.93. The maximum atomic E-state index is 12.9. The second kappa shape index (κ2) is 6.20. The number of carbonyl (C=O) groups excluding carboxylic acids is 3. The second-order valence-electron chi connectivity index (χ2n) is 5.89. The number of thioether (sulfide) groups is 1. The van der Waals surface area contributed by atoms with Gasteiger partial charge in [0.05, 0.1) is 11.3 Å². The van der Waals surface area contributed by atoms with Crippen LogP contribution in [0.4, 0.5) is 10.7 Å². The molecule has 0 radical (unpaired) electrons. The van der Waals surface area contributed by atoms with E-state index in [9.17, 15) is 14.4 Å². The van der Waals surface area contributed by atoms with Crippen LogP contribution in [0.25, 0.3) is 0 Å². The predicted molar refractivity (Wildman–Crippen MR) is 100 cm³/mol. The van der Waals surface area contributed by atoms with Gasteiger partial charge in [-0.15, -0.1) is 11.3 Å². The average Bonchev–Trinajstić information content (AvgIpc) is 2.82. The van der Waals surface area contributed by atoms with E-state index in [1.54, 1.807) is 19.9 Å². The van der Waals surface area contributed by atoms with Gasteiger partial charge in [-0.3, -0.25) is 14.4 Å². The van der Waals surface area contributed by atoms with Crippen molar-refractivity contribution < 1.29 is 14.4 Å². The largest absolute Gasteiger partial charge is 0.365 e. The summed E-state index contributed by atoms with van der Waals surface area (Å²) in [5.74, 6) is -1.50. The first kappa shape index (κ1) is 17.5. The molecule has 2 aromatic rings. The molecule has 4 N–H and O–H groups in total. The molecule has 0 spiro atoms. The Morgan fingerprint density at radius 2 is 1.92 bits per heavy atom. The van der Waals surface area contributed by atoms with Gasteiger partial charge < -0.3 is 16.4 Å². The molecule has 0 aliphatic carbocycles. The lowest BCUT2D eigenvalue weighted by Crippen LogP contribution is -2.49. The Labute approximate surface area is 153 Å². The number of rotatable bonds is 3. The van der Waals surface area contributed by atoms with Crippen molar-refractivity contribution in [1.29, 1.82) is 0 Å². The number of hydrogen-bond acceptors (Lipinski definition) is 5. The highest BCUT2D eigenvalue weighted by Crippen LogP contribution is 2.43. The summed E-state index contributed by atoms with van der Waals surface area (Å²) in [6.45, 7) is 5.19. The van der Waals surface area contributed by atoms with Crippen molar-refractivity contribution in [1.82, 2.24) is 0 Å². The number of primary amides is 1. The molecule has 0 fully saturated rings. The van der Waals surface area contributed by atoms with Crippen molar-refractivity contribution in [2.75, 3.05) is 10.6 Å². The lowest BCUT2D eigenvalue weighted by molar-refractivity contribution is -0.126. The standard InChI is InChI=1S/C17H17N3O3S2/c1-8-9(2)24-14(12(8)13(18)21)20-16(23)17(3)15(22)19-10-6-4-5-7-11(10)25-17/h4-7H,1-3H3,(H2,18,21)(H,19,22)(H,20,23). The smallest absolute Gasteiger partial charge is 0.251 e. The highest BCUT2D eigenvalue weighted by Gasteiger charge is 2.46. The molecular weight excluding hydrogens is 358 g/mol. The van der Waals surface area contributed by atoms with Crippen molar-refractivity contribution in [3.63, 3.8) is 0 Å². The van der Waals surface area contributed by atoms with Crippen molar-refractivity contribution in [2.24, 2.45) is 5.73 Å². The van der Waals surface area contributed by atoms with Crippen molar-refractivity contribution in [3.8, 4) is 0 Å². The number of nitrogens with two attached hydrogens (primary N) is 1. The number of amides is 3. The summed E-state index contributed by atoms with van der Waals surface area (Å²) in [6.07, 6.45) is 0. The molecular formula is C17H17N3O3S2. The van der Waals surface area contributed by atoms with Crippen LogP contribution in [0.1, 0.15) is 27.7 Å². The fraction of sp³-hybridized carbons (Fsp3) is 0.235. The fourth-order valence-electron chi connectivity index (χ4n) is 2.55. The fourth-order valence-corrected chi connectivity index (χ4v) is 4.71. The molecule has 6 nitrogen and oxygen atoms in total. The minimum Gasteiger partial charge on any atom is -0.365 e. The molecule has 0 saturated heterocycles. The van der Waals surface area contributed by atoms with E-state index in [2.05, 4.69) is 10.6 Å². The SMILES string of the molecule is Cc1sc(NC(=O)C2(C)Sc3ccccc3NC2=O)c(C(N)=O)c1C. The molecule has 0 bridgehead atoms. The van der Waals surface area contributed by atoms with Gasteiger partial charge in [0.25, 0.3) is 11.8 Å². The van der Waals surface area contributed by atoms with E-state index >= 15 is 0 Å². The number of thiophene rings is 1.